The zero-order valence-corrected chi connectivity index (χ0v) is 10.5. The molecule has 100 valence electrons. The highest BCUT2D eigenvalue weighted by molar-refractivity contribution is 5.36. The Hall–Kier alpha value is -1.95. The number of aliphatic hydroxyl groups is 1. The molecule has 5 nitrogen and oxygen atoms in total. The SMILES string of the molecule is Cc1nnc(N2CC(O)CC2c2cccc(F)c2)o1. The molecule has 1 saturated heterocycles. The van der Waals surface area contributed by atoms with E-state index in [9.17, 15) is 9.50 Å². The second kappa shape index (κ2) is 4.62. The fraction of sp³-hybridized carbons (Fsp3) is 0.385. The third-order valence-corrected chi connectivity index (χ3v) is 3.27. The van der Waals surface area contributed by atoms with Crippen molar-refractivity contribution < 1.29 is 13.9 Å². The molecule has 1 aliphatic heterocycles. The van der Waals surface area contributed by atoms with Crippen molar-refractivity contribution in [3.63, 3.8) is 0 Å². The molecule has 0 saturated carbocycles. The number of rotatable bonds is 2. The Morgan fingerprint density at radius 3 is 2.95 bits per heavy atom. The topological polar surface area (TPSA) is 62.4 Å². The van der Waals surface area contributed by atoms with Crippen LogP contribution in [0.1, 0.15) is 23.9 Å². The summed E-state index contributed by atoms with van der Waals surface area (Å²) in [5.74, 6) is 0.176. The summed E-state index contributed by atoms with van der Waals surface area (Å²) in [6, 6.07) is 6.58. The van der Waals surface area contributed by atoms with E-state index < -0.39 is 6.10 Å². The van der Waals surface area contributed by atoms with Crippen LogP contribution in [0.25, 0.3) is 0 Å². The van der Waals surface area contributed by atoms with E-state index in [2.05, 4.69) is 10.2 Å². The second-order valence-electron chi connectivity index (χ2n) is 4.72. The number of benzene rings is 1. The molecule has 0 spiro atoms. The molecule has 1 N–H and O–H groups in total. The highest BCUT2D eigenvalue weighted by atomic mass is 19.1. The lowest BCUT2D eigenvalue weighted by Crippen LogP contribution is -2.24. The average Bonchev–Trinajstić information content (AvgIpc) is 2.95. The van der Waals surface area contributed by atoms with Crippen molar-refractivity contribution in [2.24, 2.45) is 0 Å². The Labute approximate surface area is 109 Å². The molecule has 0 bridgehead atoms. The molecule has 2 heterocycles. The number of anilines is 1. The molecule has 1 aliphatic rings. The summed E-state index contributed by atoms with van der Waals surface area (Å²) in [5.41, 5.74) is 0.799. The molecule has 1 aromatic heterocycles. The number of nitrogens with zero attached hydrogens (tertiary/aromatic N) is 3. The zero-order chi connectivity index (χ0) is 13.4. The number of halogens is 1. The lowest BCUT2D eigenvalue weighted by Gasteiger charge is -2.22. The molecule has 2 atom stereocenters. The predicted octanol–water partition coefficient (Wildman–Crippen LogP) is 1.83. The van der Waals surface area contributed by atoms with Crippen molar-refractivity contribution in [3.05, 3.63) is 41.5 Å². The molecular weight excluding hydrogens is 249 g/mol. The van der Waals surface area contributed by atoms with Gasteiger partial charge in [-0.15, -0.1) is 5.10 Å². The summed E-state index contributed by atoms with van der Waals surface area (Å²) in [4.78, 5) is 1.82. The van der Waals surface area contributed by atoms with Crippen LogP contribution in [0.2, 0.25) is 0 Å². The predicted molar refractivity (Wildman–Crippen MR) is 66.1 cm³/mol. The van der Waals surface area contributed by atoms with Crippen molar-refractivity contribution in [2.75, 3.05) is 11.4 Å². The van der Waals surface area contributed by atoms with E-state index >= 15 is 0 Å². The van der Waals surface area contributed by atoms with E-state index in [1.54, 1.807) is 13.0 Å². The maximum Gasteiger partial charge on any atom is 0.318 e. The maximum atomic E-state index is 13.3. The molecule has 0 amide bonds. The van der Waals surface area contributed by atoms with Gasteiger partial charge in [0.1, 0.15) is 5.82 Å². The highest BCUT2D eigenvalue weighted by Crippen LogP contribution is 2.35. The number of β-amino-alcohol motifs (C(OH)–C–C–N with tert-alkyl or cyclic N) is 1. The fourth-order valence-corrected chi connectivity index (χ4v) is 2.46. The first-order valence-corrected chi connectivity index (χ1v) is 6.14. The Kier molecular flexibility index (Phi) is 2.94. The summed E-state index contributed by atoms with van der Waals surface area (Å²) in [5, 5.41) is 17.6. The minimum atomic E-state index is -0.486. The fourth-order valence-electron chi connectivity index (χ4n) is 2.46. The van der Waals surface area contributed by atoms with E-state index in [4.69, 9.17) is 4.42 Å². The van der Waals surface area contributed by atoms with E-state index in [0.29, 0.717) is 24.9 Å². The van der Waals surface area contributed by atoms with Crippen LogP contribution in [0.3, 0.4) is 0 Å². The van der Waals surface area contributed by atoms with E-state index in [1.165, 1.54) is 12.1 Å². The number of hydrogen-bond acceptors (Lipinski definition) is 5. The van der Waals surface area contributed by atoms with Crippen molar-refractivity contribution in [3.8, 4) is 0 Å². The van der Waals surface area contributed by atoms with Crippen LogP contribution < -0.4 is 4.90 Å². The smallest absolute Gasteiger partial charge is 0.318 e. The van der Waals surface area contributed by atoms with Crippen LogP contribution in [-0.4, -0.2) is 28.0 Å². The molecule has 0 radical (unpaired) electrons. The Morgan fingerprint density at radius 2 is 2.26 bits per heavy atom. The third kappa shape index (κ3) is 2.31. The van der Waals surface area contributed by atoms with Gasteiger partial charge in [-0.25, -0.2) is 4.39 Å². The van der Waals surface area contributed by atoms with Gasteiger partial charge in [0.25, 0.3) is 0 Å². The van der Waals surface area contributed by atoms with Gasteiger partial charge < -0.3 is 14.4 Å². The van der Waals surface area contributed by atoms with Crippen molar-refractivity contribution in [1.29, 1.82) is 0 Å². The largest absolute Gasteiger partial charge is 0.408 e. The summed E-state index contributed by atoms with van der Waals surface area (Å²) in [6.07, 6.45) is 0.0331. The lowest BCUT2D eigenvalue weighted by atomic mass is 10.0. The monoisotopic (exact) mass is 263 g/mol. The highest BCUT2D eigenvalue weighted by Gasteiger charge is 2.35. The molecule has 6 heteroatoms. The van der Waals surface area contributed by atoms with Gasteiger partial charge in [-0.3, -0.25) is 0 Å². The van der Waals surface area contributed by atoms with E-state index in [-0.39, 0.29) is 11.9 Å². The molecular formula is C13H14FN3O2. The van der Waals surface area contributed by atoms with Gasteiger partial charge in [-0.05, 0) is 24.1 Å². The Morgan fingerprint density at radius 1 is 1.42 bits per heavy atom. The van der Waals surface area contributed by atoms with Crippen LogP contribution in [0.4, 0.5) is 10.4 Å². The maximum absolute atomic E-state index is 13.3. The number of aliphatic hydroxyl groups excluding tert-OH is 1. The quantitative estimate of drug-likeness (QED) is 0.895. The minimum absolute atomic E-state index is 0.148. The minimum Gasteiger partial charge on any atom is -0.408 e. The van der Waals surface area contributed by atoms with Gasteiger partial charge in [0, 0.05) is 13.5 Å². The van der Waals surface area contributed by atoms with Gasteiger partial charge in [0.05, 0.1) is 12.1 Å². The molecule has 1 fully saturated rings. The van der Waals surface area contributed by atoms with Crippen LogP contribution in [-0.2, 0) is 0 Å². The molecule has 3 rings (SSSR count). The molecule has 1 aromatic carbocycles. The standard InChI is InChI=1S/C13H14FN3O2/c1-8-15-16-13(19-8)17-7-11(18)6-12(17)9-3-2-4-10(14)5-9/h2-5,11-12,18H,6-7H2,1H3. The zero-order valence-electron chi connectivity index (χ0n) is 10.5. The summed E-state index contributed by atoms with van der Waals surface area (Å²) < 4.78 is 18.7. The van der Waals surface area contributed by atoms with Gasteiger partial charge in [-0.2, -0.15) is 0 Å². The Balaban J connectivity index is 1.94. The normalized spacial score (nSPS) is 23.0. The van der Waals surface area contributed by atoms with Crippen LogP contribution in [0.5, 0.6) is 0 Å². The first-order chi connectivity index (χ1) is 9.13. The summed E-state index contributed by atoms with van der Waals surface area (Å²) in [6.45, 7) is 2.11. The first-order valence-electron chi connectivity index (χ1n) is 6.14. The molecule has 19 heavy (non-hydrogen) atoms. The number of aryl methyl sites for hydroxylation is 1. The molecule has 2 aromatic rings. The first kappa shape index (κ1) is 12.1. The Bertz CT molecular complexity index is 587. The van der Waals surface area contributed by atoms with Gasteiger partial charge in [0.15, 0.2) is 0 Å². The van der Waals surface area contributed by atoms with Gasteiger partial charge in [-0.1, -0.05) is 17.2 Å². The number of hydrogen-bond donors (Lipinski definition) is 1. The van der Waals surface area contributed by atoms with E-state index in [1.807, 2.05) is 11.0 Å². The van der Waals surface area contributed by atoms with Gasteiger partial charge >= 0.3 is 6.01 Å². The summed E-state index contributed by atoms with van der Waals surface area (Å²) in [7, 11) is 0. The van der Waals surface area contributed by atoms with Crippen LogP contribution in [0.15, 0.2) is 28.7 Å². The van der Waals surface area contributed by atoms with Crippen LogP contribution in [0, 0.1) is 12.7 Å². The summed E-state index contributed by atoms with van der Waals surface area (Å²) >= 11 is 0. The third-order valence-electron chi connectivity index (χ3n) is 3.27. The van der Waals surface area contributed by atoms with Crippen molar-refractivity contribution in [2.45, 2.75) is 25.5 Å². The van der Waals surface area contributed by atoms with Crippen LogP contribution >= 0.6 is 0 Å². The van der Waals surface area contributed by atoms with Crippen molar-refractivity contribution in [1.82, 2.24) is 10.2 Å². The molecule has 2 unspecified atom stereocenters. The van der Waals surface area contributed by atoms with Crippen molar-refractivity contribution >= 4 is 6.01 Å². The second-order valence-corrected chi connectivity index (χ2v) is 4.72. The van der Waals surface area contributed by atoms with E-state index in [0.717, 1.165) is 5.56 Å². The molecule has 0 aliphatic carbocycles. The lowest BCUT2D eigenvalue weighted by molar-refractivity contribution is 0.194. The number of aromatic nitrogens is 2. The van der Waals surface area contributed by atoms with Gasteiger partial charge in [0.2, 0.25) is 5.89 Å². The average molecular weight is 263 g/mol.